The molecule has 2 N–H and O–H groups in total. The first-order valence-corrected chi connectivity index (χ1v) is 9.54. The minimum Gasteiger partial charge on any atom is -0.364 e. The molecule has 7 nitrogen and oxygen atoms in total. The molecule has 1 amide bonds. The van der Waals surface area contributed by atoms with Crippen molar-refractivity contribution in [3.8, 4) is 11.3 Å². The topological polar surface area (TPSA) is 88.9 Å². The average Bonchev–Trinajstić information content (AvgIpc) is 2.67. The molecule has 0 unspecified atom stereocenters. The van der Waals surface area contributed by atoms with E-state index >= 15 is 0 Å². The van der Waals surface area contributed by atoms with Crippen LogP contribution in [0.4, 0.5) is 5.82 Å². The fraction of sp³-hybridized carbons (Fsp3) is 0.500. The van der Waals surface area contributed by atoms with E-state index < -0.39 is 0 Å². The Morgan fingerprint density at radius 2 is 2.04 bits per heavy atom. The number of nitrogens with zero attached hydrogens (tertiary/aromatic N) is 3. The normalized spacial score (nSPS) is 28.0. The number of carbonyl (C=O) groups excluding carboxylic acids is 1. The van der Waals surface area contributed by atoms with Crippen LogP contribution in [0.25, 0.3) is 11.3 Å². The summed E-state index contributed by atoms with van der Waals surface area (Å²) in [4.78, 5) is 28.2. The molecule has 3 saturated carbocycles. The Morgan fingerprint density at radius 3 is 2.63 bits per heavy atom. The van der Waals surface area contributed by atoms with Crippen LogP contribution in [-0.2, 0) is 11.3 Å². The van der Waals surface area contributed by atoms with E-state index in [-0.39, 0.29) is 23.6 Å². The van der Waals surface area contributed by atoms with E-state index in [1.54, 1.807) is 12.3 Å². The van der Waals surface area contributed by atoms with Crippen LogP contribution in [0.15, 0.2) is 35.3 Å². The van der Waals surface area contributed by atoms with Gasteiger partial charge in [-0.3, -0.25) is 9.59 Å². The standard InChI is InChI=1S/C20H25N5O2/c1-4-21-18(26)11-25-19(27)8-6-16(24-25)14-5-7-17(22-10-14)23-20-9-15(12(20)2)13(20)3/h5-8,10,12-13,15H,4,9,11H2,1-3H3,(H,21,26)(H,22,23)/t12-,13-,15?,20?/m1/s1. The Bertz CT molecular complexity index is 911. The van der Waals surface area contributed by atoms with Crippen LogP contribution in [0.5, 0.6) is 0 Å². The van der Waals surface area contributed by atoms with Crippen molar-refractivity contribution in [1.29, 1.82) is 0 Å². The number of likely N-dealkylation sites (N-methyl/N-ethyl adjacent to an activating group) is 1. The minimum absolute atomic E-state index is 0.0902. The van der Waals surface area contributed by atoms with Gasteiger partial charge in [0.25, 0.3) is 5.56 Å². The second kappa shape index (κ2) is 6.48. The highest BCUT2D eigenvalue weighted by molar-refractivity contribution is 5.75. The van der Waals surface area contributed by atoms with Gasteiger partial charge in [0.2, 0.25) is 5.91 Å². The summed E-state index contributed by atoms with van der Waals surface area (Å²) in [5.74, 6) is 2.89. The highest BCUT2D eigenvalue weighted by atomic mass is 16.2. The summed E-state index contributed by atoms with van der Waals surface area (Å²) in [5.41, 5.74) is 1.33. The molecular weight excluding hydrogens is 342 g/mol. The summed E-state index contributed by atoms with van der Waals surface area (Å²) >= 11 is 0. The molecule has 2 aromatic heterocycles. The number of rotatable bonds is 6. The maximum Gasteiger partial charge on any atom is 0.267 e. The zero-order valence-electron chi connectivity index (χ0n) is 15.9. The van der Waals surface area contributed by atoms with Gasteiger partial charge >= 0.3 is 0 Å². The van der Waals surface area contributed by atoms with Gasteiger partial charge in [-0.1, -0.05) is 13.8 Å². The van der Waals surface area contributed by atoms with Crippen LogP contribution >= 0.6 is 0 Å². The molecule has 5 rings (SSSR count). The number of nitrogens with one attached hydrogen (secondary N) is 2. The number of hydrogen-bond donors (Lipinski definition) is 2. The molecule has 0 aliphatic heterocycles. The molecule has 27 heavy (non-hydrogen) atoms. The molecule has 3 fully saturated rings. The Hall–Kier alpha value is -2.70. The van der Waals surface area contributed by atoms with E-state index in [0.29, 0.717) is 24.1 Å². The van der Waals surface area contributed by atoms with Crippen molar-refractivity contribution in [2.24, 2.45) is 17.8 Å². The number of carbonyl (C=O) groups is 1. The number of pyridine rings is 1. The Balaban J connectivity index is 1.50. The predicted molar refractivity (Wildman–Crippen MR) is 103 cm³/mol. The molecule has 0 saturated heterocycles. The molecule has 0 radical (unpaired) electrons. The van der Waals surface area contributed by atoms with Crippen LogP contribution < -0.4 is 16.2 Å². The third-order valence-electron chi connectivity index (χ3n) is 6.44. The van der Waals surface area contributed by atoms with Crippen molar-refractivity contribution in [1.82, 2.24) is 20.1 Å². The molecule has 2 bridgehead atoms. The quantitative estimate of drug-likeness (QED) is 0.814. The molecule has 7 heteroatoms. The number of amides is 1. The van der Waals surface area contributed by atoms with Crippen molar-refractivity contribution >= 4 is 11.7 Å². The van der Waals surface area contributed by atoms with E-state index in [1.807, 2.05) is 19.1 Å². The Morgan fingerprint density at radius 1 is 1.26 bits per heavy atom. The highest BCUT2D eigenvalue weighted by Gasteiger charge is 2.68. The van der Waals surface area contributed by atoms with E-state index in [9.17, 15) is 9.59 Å². The second-order valence-electron chi connectivity index (χ2n) is 7.71. The van der Waals surface area contributed by atoms with Gasteiger partial charge in [0.05, 0.1) is 5.69 Å². The summed E-state index contributed by atoms with van der Waals surface area (Å²) in [7, 11) is 0. The van der Waals surface area contributed by atoms with Crippen molar-refractivity contribution in [2.75, 3.05) is 11.9 Å². The molecule has 3 aliphatic rings. The van der Waals surface area contributed by atoms with Crippen molar-refractivity contribution in [3.05, 3.63) is 40.8 Å². The van der Waals surface area contributed by atoms with Crippen LogP contribution in [0, 0.1) is 17.8 Å². The predicted octanol–water partition coefficient (Wildman–Crippen LogP) is 1.90. The van der Waals surface area contributed by atoms with Crippen molar-refractivity contribution in [2.45, 2.75) is 39.3 Å². The molecule has 2 heterocycles. The number of aromatic nitrogens is 3. The van der Waals surface area contributed by atoms with Gasteiger partial charge in [-0.2, -0.15) is 5.10 Å². The lowest BCUT2D eigenvalue weighted by Gasteiger charge is -2.73. The molecule has 142 valence electrons. The van der Waals surface area contributed by atoms with Crippen LogP contribution in [-0.4, -0.2) is 32.8 Å². The van der Waals surface area contributed by atoms with Crippen LogP contribution in [0.3, 0.4) is 0 Å². The summed E-state index contributed by atoms with van der Waals surface area (Å²) in [5, 5.41) is 10.6. The first kappa shape index (κ1) is 17.7. The van der Waals surface area contributed by atoms with Gasteiger partial charge in [0.1, 0.15) is 12.4 Å². The Labute approximate surface area is 158 Å². The zero-order chi connectivity index (χ0) is 19.2. The summed E-state index contributed by atoms with van der Waals surface area (Å²) in [6, 6.07) is 6.99. The van der Waals surface area contributed by atoms with Crippen molar-refractivity contribution in [3.63, 3.8) is 0 Å². The molecular formula is C20H25N5O2. The SMILES string of the molecule is CCNC(=O)Cn1nc(-c2ccc(NC34CC([C@H]3C)[C@H]4C)nc2)ccc1=O. The van der Waals surface area contributed by atoms with Crippen LogP contribution in [0.2, 0.25) is 0 Å². The monoisotopic (exact) mass is 367 g/mol. The smallest absolute Gasteiger partial charge is 0.267 e. The van der Waals surface area contributed by atoms with Gasteiger partial charge in [-0.05, 0) is 49.3 Å². The summed E-state index contributed by atoms with van der Waals surface area (Å²) in [6.07, 6.45) is 2.98. The third kappa shape index (κ3) is 2.81. The fourth-order valence-electron chi connectivity index (χ4n) is 4.53. The lowest BCUT2D eigenvalue weighted by molar-refractivity contribution is -0.152. The Kier molecular flexibility index (Phi) is 4.25. The first-order valence-electron chi connectivity index (χ1n) is 9.54. The van der Waals surface area contributed by atoms with E-state index in [4.69, 9.17) is 0 Å². The summed E-state index contributed by atoms with van der Waals surface area (Å²) < 4.78 is 1.18. The van der Waals surface area contributed by atoms with Gasteiger partial charge in [-0.25, -0.2) is 9.67 Å². The van der Waals surface area contributed by atoms with Gasteiger partial charge in [-0.15, -0.1) is 0 Å². The molecule has 2 aromatic rings. The molecule has 2 atom stereocenters. The van der Waals surface area contributed by atoms with E-state index in [0.717, 1.165) is 17.3 Å². The number of anilines is 1. The molecule has 3 aliphatic carbocycles. The highest BCUT2D eigenvalue weighted by Crippen LogP contribution is 2.66. The fourth-order valence-corrected chi connectivity index (χ4v) is 4.53. The largest absolute Gasteiger partial charge is 0.364 e. The van der Waals surface area contributed by atoms with Gasteiger partial charge in [0, 0.05) is 29.9 Å². The van der Waals surface area contributed by atoms with Gasteiger partial charge < -0.3 is 10.6 Å². The van der Waals surface area contributed by atoms with E-state index in [2.05, 4.69) is 34.6 Å². The average molecular weight is 367 g/mol. The lowest BCUT2D eigenvalue weighted by Crippen LogP contribution is -2.76. The molecule has 0 spiro atoms. The summed E-state index contributed by atoms with van der Waals surface area (Å²) in [6.45, 7) is 6.87. The van der Waals surface area contributed by atoms with Gasteiger partial charge in [0.15, 0.2) is 0 Å². The molecule has 0 aromatic carbocycles. The van der Waals surface area contributed by atoms with E-state index in [1.165, 1.54) is 17.2 Å². The lowest BCUT2D eigenvalue weighted by atomic mass is 9.37. The number of hydrogen-bond acceptors (Lipinski definition) is 5. The minimum atomic E-state index is -0.303. The van der Waals surface area contributed by atoms with Crippen molar-refractivity contribution < 1.29 is 4.79 Å². The first-order chi connectivity index (χ1) is 12.9. The van der Waals surface area contributed by atoms with Crippen LogP contribution in [0.1, 0.15) is 27.2 Å². The second-order valence-corrected chi connectivity index (χ2v) is 7.71. The maximum absolute atomic E-state index is 12.0. The maximum atomic E-state index is 12.0. The zero-order valence-corrected chi connectivity index (χ0v) is 15.9. The third-order valence-corrected chi connectivity index (χ3v) is 6.44.